The highest BCUT2D eigenvalue weighted by molar-refractivity contribution is 8.00. The maximum Gasteiger partial charge on any atom is 0.327 e. The van der Waals surface area contributed by atoms with E-state index >= 15 is 0 Å². The highest BCUT2D eigenvalue weighted by Crippen LogP contribution is 2.41. The van der Waals surface area contributed by atoms with Crippen molar-refractivity contribution in [2.75, 3.05) is 75.6 Å². The zero-order valence-electron chi connectivity index (χ0n) is 67.4. The summed E-state index contributed by atoms with van der Waals surface area (Å²) in [5.41, 5.74) is 0. The highest BCUT2D eigenvalue weighted by atomic mass is 32.2. The van der Waals surface area contributed by atoms with Gasteiger partial charge < -0.3 is 181 Å². The molecular formula is C70H110N6O42S6. The van der Waals surface area contributed by atoms with E-state index in [-0.39, 0.29) is 43.1 Å². The average Bonchev–Trinajstić information content (AvgIpc) is 0.771. The molecule has 6 amide bonds. The summed E-state index contributed by atoms with van der Waals surface area (Å²) in [6, 6.07) is -9.48. The fraction of sp³-hybridized carbons (Fsp3) is 0.829. The number of amides is 6. The summed E-state index contributed by atoms with van der Waals surface area (Å²) in [4.78, 5) is 147. The number of thioether (sulfide) groups is 6. The molecule has 54 heteroatoms. The number of rotatable bonds is 36. The number of aliphatic hydroxyl groups is 12. The molecule has 20 aliphatic heterocycles. The second-order valence-corrected chi connectivity index (χ2v) is 36.4. The molecule has 36 atom stereocenters. The summed E-state index contributed by atoms with van der Waals surface area (Å²) >= 11 is 4.55. The third-order valence-corrected chi connectivity index (χ3v) is 27.0. The van der Waals surface area contributed by atoms with Gasteiger partial charge in [-0.05, 0) is 12.8 Å². The zero-order valence-corrected chi connectivity index (χ0v) is 72.3. The molecule has 0 spiro atoms. The lowest BCUT2D eigenvalue weighted by Crippen LogP contribution is -2.68. The second kappa shape index (κ2) is 50.3. The first-order valence-electron chi connectivity index (χ1n) is 38.8. The van der Waals surface area contributed by atoms with Crippen LogP contribution in [0.2, 0.25) is 0 Å². The van der Waals surface area contributed by atoms with Crippen molar-refractivity contribution in [1.82, 2.24) is 31.9 Å². The summed E-state index contributed by atoms with van der Waals surface area (Å²) in [6.45, 7) is 5.84. The number of carbonyl (C=O) groups is 12. The molecule has 48 nitrogen and oxygen atoms in total. The number of hydrogen-bond acceptors (Lipinski definition) is 42. The molecule has 20 rings (SSSR count). The van der Waals surface area contributed by atoms with E-state index in [1.807, 2.05) is 0 Å². The molecule has 124 heavy (non-hydrogen) atoms. The van der Waals surface area contributed by atoms with Crippen molar-refractivity contribution in [3.8, 4) is 0 Å². The molecular weight excluding hydrogens is 1790 g/mol. The van der Waals surface area contributed by atoms with Crippen molar-refractivity contribution in [2.45, 2.75) is 275 Å². The van der Waals surface area contributed by atoms with Crippen molar-refractivity contribution >= 4 is 142 Å². The van der Waals surface area contributed by atoms with Crippen LogP contribution < -0.4 is 31.9 Å². The first-order valence-corrected chi connectivity index (χ1v) is 45.8. The van der Waals surface area contributed by atoms with Crippen molar-refractivity contribution in [1.29, 1.82) is 0 Å². The van der Waals surface area contributed by atoms with Crippen molar-refractivity contribution in [3.05, 3.63) is 0 Å². The Kier molecular flexibility index (Phi) is 42.9. The van der Waals surface area contributed by atoms with Crippen LogP contribution >= 0.6 is 70.6 Å². The highest BCUT2D eigenvalue weighted by Gasteiger charge is 2.59. The molecule has 708 valence electrons. The predicted octanol–water partition coefficient (Wildman–Crippen LogP) is -9.66. The Bertz CT molecular complexity index is 3550. The lowest BCUT2D eigenvalue weighted by molar-refractivity contribution is -0.388. The number of aliphatic hydroxyl groups excluding tert-OH is 12. The van der Waals surface area contributed by atoms with Gasteiger partial charge in [0, 0.05) is 123 Å². The van der Waals surface area contributed by atoms with E-state index < -0.39 is 343 Å². The number of carbonyl (C=O) groups excluding carboxylic acids is 6. The van der Waals surface area contributed by atoms with Gasteiger partial charge in [0.25, 0.3) is 0 Å². The second-order valence-electron chi connectivity index (χ2n) is 30.0. The summed E-state index contributed by atoms with van der Waals surface area (Å²) in [7, 11) is 0. The minimum atomic E-state index is -2.44. The molecule has 20 aliphatic rings. The number of ether oxygens (including phenoxy) is 12. The Morgan fingerprint density at radius 2 is 0.444 bits per heavy atom. The van der Waals surface area contributed by atoms with Gasteiger partial charge in [-0.25, -0.2) is 28.8 Å². The first kappa shape index (κ1) is 106. The molecule has 0 aromatic heterocycles. The van der Waals surface area contributed by atoms with E-state index in [1.54, 1.807) is 0 Å². The van der Waals surface area contributed by atoms with Crippen LogP contribution in [-0.4, -0.2) is 453 Å². The van der Waals surface area contributed by atoms with Gasteiger partial charge in [0.15, 0.2) is 37.7 Å². The van der Waals surface area contributed by atoms with Crippen LogP contribution in [0.1, 0.15) is 60.8 Å². The van der Waals surface area contributed by atoms with Crippen molar-refractivity contribution in [3.63, 3.8) is 0 Å². The van der Waals surface area contributed by atoms with Gasteiger partial charge in [-0.1, -0.05) is 6.42 Å². The smallest absolute Gasteiger partial charge is 0.327 e. The molecule has 0 aliphatic carbocycles. The molecule has 30 unspecified atom stereocenters. The molecule has 20 fully saturated rings. The van der Waals surface area contributed by atoms with Gasteiger partial charge in [-0.3, -0.25) is 28.8 Å². The molecule has 0 aromatic carbocycles. The van der Waals surface area contributed by atoms with Crippen LogP contribution in [0.4, 0.5) is 0 Å². The predicted molar refractivity (Wildman–Crippen MR) is 427 cm³/mol. The number of nitrogens with one attached hydrogen (secondary N) is 6. The maximum atomic E-state index is 12.5. The Hall–Kier alpha value is -5.22. The van der Waals surface area contributed by atoms with Crippen LogP contribution in [-0.2, 0) is 114 Å². The number of carboxylic acid groups (broad SMARTS) is 6. The van der Waals surface area contributed by atoms with E-state index in [0.29, 0.717) is 23.5 Å². The summed E-state index contributed by atoms with van der Waals surface area (Å²) in [5, 5.41) is 221. The fourth-order valence-electron chi connectivity index (χ4n) is 14.0. The molecule has 0 saturated carbocycles. The maximum absolute atomic E-state index is 12.5. The lowest BCUT2D eigenvalue weighted by Gasteiger charge is -2.50. The SMILES string of the molecule is CC(=O)N[C@H](CSCC1OC2OC3C(CSC[C@@H](NC(C)=O)C(=O)O)OC(OC4C(CSC[C@@H](NC(C)=O)C(=O)O)OC(OC5C(CSC[C@@H](NC(C)=O)C(=O)O)OC(OC6C(CSC[C@@H](NC(C)=O)C(=O)O)OC(OC7C(CSC[C@@H](NC(C)=O)C(=O)O)OC(OCCCCC1C(O)C2O)C(O)C7O)C(O)C6O)C(O)C5O)C(O)C4O)C(O)C3O)C(=O)O. The van der Waals surface area contributed by atoms with E-state index in [2.05, 4.69) is 31.9 Å². The monoisotopic (exact) mass is 1900 g/mol. The van der Waals surface area contributed by atoms with Gasteiger partial charge >= 0.3 is 35.8 Å². The quantitative estimate of drug-likeness (QED) is 0.0277. The lowest BCUT2D eigenvalue weighted by atomic mass is 9.85. The van der Waals surface area contributed by atoms with Crippen molar-refractivity contribution in [2.24, 2.45) is 5.92 Å². The van der Waals surface area contributed by atoms with E-state index in [0.717, 1.165) is 88.6 Å². The largest absolute Gasteiger partial charge is 0.480 e. The molecule has 0 aromatic rings. The van der Waals surface area contributed by atoms with E-state index in [4.69, 9.17) is 56.8 Å². The Labute approximate surface area is 733 Å². The Balaban J connectivity index is 1.36. The summed E-state index contributed by atoms with van der Waals surface area (Å²) in [6.07, 6.45) is -59.9. The Morgan fingerprint density at radius 3 is 0.653 bits per heavy atom. The molecule has 20 heterocycles. The van der Waals surface area contributed by atoms with Gasteiger partial charge in [0.1, 0.15) is 134 Å². The van der Waals surface area contributed by atoms with Crippen LogP contribution in [0.3, 0.4) is 0 Å². The number of aliphatic carboxylic acids is 6. The molecule has 20 saturated heterocycles. The molecule has 24 N–H and O–H groups in total. The van der Waals surface area contributed by atoms with Gasteiger partial charge in [0.2, 0.25) is 35.4 Å². The summed E-state index contributed by atoms with van der Waals surface area (Å²) < 4.78 is 75.3. The first-order chi connectivity index (χ1) is 58.4. The molecule has 12 bridgehead atoms. The van der Waals surface area contributed by atoms with Crippen LogP contribution in [0.15, 0.2) is 0 Å². The van der Waals surface area contributed by atoms with Crippen LogP contribution in [0.25, 0.3) is 0 Å². The third kappa shape index (κ3) is 30.4. The van der Waals surface area contributed by atoms with Crippen molar-refractivity contribution < 1.29 is 206 Å². The standard InChI is InChI=1S/C70H110N6O42S6/c1-23(77)71-30(59(95)96)11-119-17-36-29-9-7-8-10-107-65-49(90)43(84)54(37(109-65)18-120-12-31(60(97)98)72-24(2)78)115-67-51(92)45(86)56(39(111-67)20-122-14-33(62(101)102)74-26(4)80)117-69-53(94)47(88)58(41(113-69)22-124-16-35(64(105)106)76-28(6)82)118-70-52(93)46(87)57(40(112-70)21-123-15-34(63(103)104)75-27(5)81)116-68-50(91)44(85)55(114-66(108-36)48(89)42(29)83)38(110-68)19-121-13-32(61(99)100)73-25(3)79/h29-58,65-70,83-94H,7-22H2,1-6H3,(H,71,77)(H,72,78)(H,73,79)(H,74,80)(H,75,81)(H,76,82)(H,95,96)(H,97,98)(H,99,100)(H,101,102)(H,103,104)(H,105,106)/t29?,30-,31-,32-,33-,34-,35-,36?,37?,38?,39?,40?,41?,42?,43?,44?,45?,46?,47?,48?,49?,50?,51?,52?,53?,54?,55?,56?,57?,58?,65?,66?,67?,68?,69?,70?/m1/s1. The van der Waals surface area contributed by atoms with Gasteiger partial charge in [-0.2, -0.15) is 70.6 Å². The minimum absolute atomic E-state index is 0.0187. The minimum Gasteiger partial charge on any atom is -0.480 e. The number of hydrogen-bond donors (Lipinski definition) is 24. The average molecular weight is 1900 g/mol. The summed E-state index contributed by atoms with van der Waals surface area (Å²) in [5.74, 6) is -20.2. The topological polar surface area (TPSA) is 752 Å². The Morgan fingerprint density at radius 1 is 0.258 bits per heavy atom. The third-order valence-electron chi connectivity index (χ3n) is 20.2. The van der Waals surface area contributed by atoms with Gasteiger partial charge in [0.05, 0.1) is 42.7 Å². The van der Waals surface area contributed by atoms with E-state index in [1.165, 1.54) is 0 Å². The normalized spacial score (nSPS) is 36.4. The number of carboxylic acids is 6. The fourth-order valence-corrected chi connectivity index (χ4v) is 20.7. The van der Waals surface area contributed by atoms with E-state index in [9.17, 15) is 149 Å². The van der Waals surface area contributed by atoms with Crippen LogP contribution in [0.5, 0.6) is 0 Å². The van der Waals surface area contributed by atoms with Gasteiger partial charge in [-0.15, -0.1) is 0 Å². The molecule has 0 radical (unpaired) electrons. The van der Waals surface area contributed by atoms with Crippen LogP contribution in [0, 0.1) is 5.92 Å². The zero-order chi connectivity index (χ0) is 92.0.